The molecule has 0 aromatic carbocycles. The van der Waals surface area contributed by atoms with Crippen molar-refractivity contribution >= 4 is 5.78 Å². The number of hydrogen-bond acceptors (Lipinski definition) is 2. The zero-order chi connectivity index (χ0) is 14.7. The molecule has 1 N–H and O–H groups in total. The van der Waals surface area contributed by atoms with E-state index < -0.39 is 0 Å². The number of nitrogens with one attached hydrogen (secondary N) is 1. The van der Waals surface area contributed by atoms with Crippen molar-refractivity contribution in [2.45, 2.75) is 97.6 Å². The van der Waals surface area contributed by atoms with Crippen LogP contribution in [0.25, 0.3) is 0 Å². The second-order valence-electron chi connectivity index (χ2n) is 8.30. The summed E-state index contributed by atoms with van der Waals surface area (Å²) in [6.07, 6.45) is 8.21. The molecule has 0 amide bonds. The molecule has 0 bridgehead atoms. The van der Waals surface area contributed by atoms with Crippen LogP contribution < -0.4 is 5.32 Å². The van der Waals surface area contributed by atoms with E-state index >= 15 is 0 Å². The van der Waals surface area contributed by atoms with Crippen molar-refractivity contribution < 1.29 is 4.79 Å². The van der Waals surface area contributed by atoms with Gasteiger partial charge in [0.2, 0.25) is 0 Å². The van der Waals surface area contributed by atoms with Crippen molar-refractivity contribution in [2.24, 2.45) is 5.41 Å². The van der Waals surface area contributed by atoms with E-state index in [2.05, 4.69) is 46.9 Å². The fraction of sp³-hybridized carbons (Fsp3) is 0.941. The Bertz CT molecular complexity index is 298. The van der Waals surface area contributed by atoms with Crippen LogP contribution in [0, 0.1) is 5.41 Å². The lowest BCUT2D eigenvalue weighted by molar-refractivity contribution is -0.135. The molecule has 2 heteroatoms. The van der Waals surface area contributed by atoms with E-state index in [1.807, 2.05) is 0 Å². The van der Waals surface area contributed by atoms with Gasteiger partial charge in [-0.2, -0.15) is 0 Å². The van der Waals surface area contributed by atoms with Crippen molar-refractivity contribution in [3.63, 3.8) is 0 Å². The Morgan fingerprint density at radius 3 is 1.63 bits per heavy atom. The Kier molecular flexibility index (Phi) is 5.22. The molecule has 0 aliphatic heterocycles. The fourth-order valence-electron chi connectivity index (χ4n) is 3.35. The average molecular weight is 267 g/mol. The SMILES string of the molecule is CC(C)(C)NC1(C(=O)C(C)(C)C)CCCCCCC1. The van der Waals surface area contributed by atoms with Gasteiger partial charge in [-0.15, -0.1) is 0 Å². The van der Waals surface area contributed by atoms with Crippen LogP contribution >= 0.6 is 0 Å². The molecule has 1 rings (SSSR count). The lowest BCUT2D eigenvalue weighted by Gasteiger charge is -2.44. The van der Waals surface area contributed by atoms with Gasteiger partial charge >= 0.3 is 0 Å². The number of carbonyl (C=O) groups excluding carboxylic acids is 1. The summed E-state index contributed by atoms with van der Waals surface area (Å²) < 4.78 is 0. The standard InChI is InChI=1S/C17H33NO/c1-15(2,3)14(19)17(18-16(4,5)6)12-10-8-7-9-11-13-17/h18H,7-13H2,1-6H3. The van der Waals surface area contributed by atoms with Gasteiger partial charge in [-0.1, -0.05) is 52.9 Å². The van der Waals surface area contributed by atoms with Crippen LogP contribution in [0.3, 0.4) is 0 Å². The Morgan fingerprint density at radius 1 is 0.842 bits per heavy atom. The summed E-state index contributed by atoms with van der Waals surface area (Å²) in [4.78, 5) is 13.0. The molecular weight excluding hydrogens is 234 g/mol. The summed E-state index contributed by atoms with van der Waals surface area (Å²) in [5.41, 5.74) is -0.589. The van der Waals surface area contributed by atoms with Gasteiger partial charge in [0, 0.05) is 11.0 Å². The quantitative estimate of drug-likeness (QED) is 0.799. The molecule has 1 aliphatic carbocycles. The van der Waals surface area contributed by atoms with Crippen LogP contribution in [-0.2, 0) is 4.79 Å². The minimum atomic E-state index is -0.309. The van der Waals surface area contributed by atoms with Gasteiger partial charge < -0.3 is 5.32 Å². The van der Waals surface area contributed by atoms with Gasteiger partial charge in [-0.3, -0.25) is 4.79 Å². The van der Waals surface area contributed by atoms with Gasteiger partial charge in [0.05, 0.1) is 5.54 Å². The average Bonchev–Trinajstić information content (AvgIpc) is 2.18. The maximum Gasteiger partial charge on any atom is 0.158 e. The third kappa shape index (κ3) is 4.91. The smallest absolute Gasteiger partial charge is 0.158 e. The first kappa shape index (κ1) is 16.7. The maximum absolute atomic E-state index is 13.0. The van der Waals surface area contributed by atoms with Crippen LogP contribution in [0.1, 0.15) is 86.5 Å². The Balaban J connectivity index is 3.03. The van der Waals surface area contributed by atoms with Gasteiger partial charge in [0.15, 0.2) is 5.78 Å². The topological polar surface area (TPSA) is 29.1 Å². The van der Waals surface area contributed by atoms with E-state index in [1.54, 1.807) is 0 Å². The first-order valence-corrected chi connectivity index (χ1v) is 7.91. The second kappa shape index (κ2) is 5.95. The van der Waals surface area contributed by atoms with E-state index in [1.165, 1.54) is 32.1 Å². The third-order valence-corrected chi connectivity index (χ3v) is 3.94. The number of ketones is 1. The number of carbonyl (C=O) groups is 1. The van der Waals surface area contributed by atoms with Crippen LogP contribution in [0.2, 0.25) is 0 Å². The highest BCUT2D eigenvalue weighted by molar-refractivity contribution is 5.92. The first-order valence-electron chi connectivity index (χ1n) is 7.91. The minimum Gasteiger partial charge on any atom is -0.300 e. The molecule has 0 aromatic rings. The van der Waals surface area contributed by atoms with Crippen LogP contribution in [0.15, 0.2) is 0 Å². The van der Waals surface area contributed by atoms with Crippen LogP contribution in [0.4, 0.5) is 0 Å². The van der Waals surface area contributed by atoms with E-state index in [0.717, 1.165) is 12.8 Å². The van der Waals surface area contributed by atoms with Crippen LogP contribution in [0.5, 0.6) is 0 Å². The monoisotopic (exact) mass is 267 g/mol. The van der Waals surface area contributed by atoms with E-state index in [4.69, 9.17) is 0 Å². The highest BCUT2D eigenvalue weighted by atomic mass is 16.1. The normalized spacial score (nSPS) is 21.6. The van der Waals surface area contributed by atoms with E-state index in [0.29, 0.717) is 5.78 Å². The molecule has 1 saturated carbocycles. The van der Waals surface area contributed by atoms with Crippen molar-refractivity contribution in [2.75, 3.05) is 0 Å². The molecule has 0 spiro atoms. The summed E-state index contributed by atoms with van der Waals surface area (Å²) in [5, 5.41) is 3.70. The van der Waals surface area contributed by atoms with Gasteiger partial charge in [-0.25, -0.2) is 0 Å². The molecule has 1 fully saturated rings. The molecule has 0 radical (unpaired) electrons. The Morgan fingerprint density at radius 2 is 1.26 bits per heavy atom. The predicted molar refractivity (Wildman–Crippen MR) is 82.4 cm³/mol. The number of rotatable bonds is 2. The predicted octanol–water partition coefficient (Wildman–Crippen LogP) is 4.47. The Labute approximate surface area is 119 Å². The summed E-state index contributed by atoms with van der Waals surface area (Å²) >= 11 is 0. The lowest BCUT2D eigenvalue weighted by atomic mass is 9.71. The molecule has 0 unspecified atom stereocenters. The summed E-state index contributed by atoms with van der Waals surface area (Å²) in [6, 6.07) is 0. The number of hydrogen-bond donors (Lipinski definition) is 1. The molecule has 19 heavy (non-hydrogen) atoms. The summed E-state index contributed by atoms with van der Waals surface area (Å²) in [5.74, 6) is 0.400. The van der Waals surface area contributed by atoms with Crippen molar-refractivity contribution in [1.29, 1.82) is 0 Å². The van der Waals surface area contributed by atoms with Crippen molar-refractivity contribution in [3.05, 3.63) is 0 Å². The molecule has 0 atom stereocenters. The first-order chi connectivity index (χ1) is 8.57. The number of Topliss-reactive ketones (excluding diaryl/α,β-unsaturated/α-hetero) is 1. The lowest BCUT2D eigenvalue weighted by Crippen LogP contribution is -2.61. The van der Waals surface area contributed by atoms with Gasteiger partial charge in [0.1, 0.15) is 0 Å². The maximum atomic E-state index is 13.0. The van der Waals surface area contributed by atoms with Crippen molar-refractivity contribution in [1.82, 2.24) is 5.32 Å². The highest BCUT2D eigenvalue weighted by Crippen LogP contribution is 2.35. The van der Waals surface area contributed by atoms with Crippen molar-refractivity contribution in [3.8, 4) is 0 Å². The summed E-state index contributed by atoms with van der Waals surface area (Å²) in [6.45, 7) is 12.7. The molecule has 0 heterocycles. The summed E-state index contributed by atoms with van der Waals surface area (Å²) in [7, 11) is 0. The zero-order valence-electron chi connectivity index (χ0n) is 13.9. The molecule has 2 nitrogen and oxygen atoms in total. The van der Waals surface area contributed by atoms with E-state index in [-0.39, 0.29) is 16.5 Å². The molecule has 1 aliphatic rings. The van der Waals surface area contributed by atoms with E-state index in [9.17, 15) is 4.79 Å². The largest absolute Gasteiger partial charge is 0.300 e. The Hall–Kier alpha value is -0.370. The van der Waals surface area contributed by atoms with Crippen LogP contribution in [-0.4, -0.2) is 16.9 Å². The third-order valence-electron chi connectivity index (χ3n) is 3.94. The molecule has 0 saturated heterocycles. The molecule has 0 aromatic heterocycles. The van der Waals surface area contributed by atoms with Gasteiger partial charge in [-0.05, 0) is 33.6 Å². The fourth-order valence-corrected chi connectivity index (χ4v) is 3.35. The van der Waals surface area contributed by atoms with Gasteiger partial charge in [0.25, 0.3) is 0 Å². The minimum absolute atomic E-state index is 0.0138. The zero-order valence-corrected chi connectivity index (χ0v) is 13.9. The second-order valence-corrected chi connectivity index (χ2v) is 8.30. The molecule has 112 valence electrons. The molecular formula is C17H33NO. The highest BCUT2D eigenvalue weighted by Gasteiger charge is 2.44.